The number of hydrogen-bond donors (Lipinski definition) is 2. The lowest BCUT2D eigenvalue weighted by molar-refractivity contribution is 0.422. The van der Waals surface area contributed by atoms with Crippen LogP contribution in [0.25, 0.3) is 0 Å². The molecule has 0 unspecified atom stereocenters. The van der Waals surface area contributed by atoms with Gasteiger partial charge in [0.2, 0.25) is 5.95 Å². The highest BCUT2D eigenvalue weighted by Gasteiger charge is 2.21. The molecule has 3 rings (SSSR count). The van der Waals surface area contributed by atoms with Crippen molar-refractivity contribution in [2.75, 3.05) is 41.9 Å². The van der Waals surface area contributed by atoms with Crippen LogP contribution < -0.4 is 15.5 Å². The number of nitrogens with one attached hydrogen (secondary N) is 2. The quantitative estimate of drug-likeness (QED) is 0.522. The summed E-state index contributed by atoms with van der Waals surface area (Å²) in [6.07, 6.45) is 7.72. The molecule has 7 heteroatoms. The van der Waals surface area contributed by atoms with Crippen molar-refractivity contribution in [3.05, 3.63) is 41.1 Å². The van der Waals surface area contributed by atoms with Gasteiger partial charge in [-0.2, -0.15) is 22.0 Å². The van der Waals surface area contributed by atoms with Crippen molar-refractivity contribution < 1.29 is 0 Å². The number of benzene rings is 1. The molecule has 1 aromatic carbocycles. The SMILES string of the molecule is CCCc1cc(N2CCC[C@H](NCCCSC)C2)nc(Nc2ccc(C)c(C#N)c2)n1. The number of thioether (sulfide) groups is 1. The summed E-state index contributed by atoms with van der Waals surface area (Å²) in [6.45, 7) is 7.19. The van der Waals surface area contributed by atoms with Crippen molar-refractivity contribution in [3.8, 4) is 6.07 Å². The van der Waals surface area contributed by atoms with Crippen LogP contribution in [-0.2, 0) is 6.42 Å². The Morgan fingerprint density at radius 3 is 2.94 bits per heavy atom. The van der Waals surface area contributed by atoms with E-state index in [0.29, 0.717) is 17.6 Å². The molecule has 0 saturated carbocycles. The number of nitriles is 1. The van der Waals surface area contributed by atoms with Gasteiger partial charge in [0.05, 0.1) is 11.6 Å². The first-order valence-electron chi connectivity index (χ1n) is 11.3. The van der Waals surface area contributed by atoms with E-state index in [1.165, 1.54) is 25.0 Å². The molecule has 0 radical (unpaired) electrons. The van der Waals surface area contributed by atoms with Gasteiger partial charge in [0.25, 0.3) is 0 Å². The molecule has 31 heavy (non-hydrogen) atoms. The molecule has 2 heterocycles. The number of rotatable bonds is 10. The number of aryl methyl sites for hydroxylation is 2. The van der Waals surface area contributed by atoms with Crippen LogP contribution in [0, 0.1) is 18.3 Å². The molecule has 1 aliphatic heterocycles. The molecule has 166 valence electrons. The smallest absolute Gasteiger partial charge is 0.229 e. The Kier molecular flexibility index (Phi) is 8.98. The van der Waals surface area contributed by atoms with Gasteiger partial charge in [-0.15, -0.1) is 0 Å². The number of piperidine rings is 1. The first kappa shape index (κ1) is 23.4. The second-order valence-electron chi connectivity index (χ2n) is 8.14. The maximum atomic E-state index is 9.33. The summed E-state index contributed by atoms with van der Waals surface area (Å²) in [5.41, 5.74) is 3.53. The van der Waals surface area contributed by atoms with Crippen LogP contribution in [0.5, 0.6) is 0 Å². The van der Waals surface area contributed by atoms with Crippen molar-refractivity contribution >= 4 is 29.2 Å². The summed E-state index contributed by atoms with van der Waals surface area (Å²) in [6, 6.07) is 10.7. The standard InChI is InChI=1S/C24H34N6S/c1-4-7-20-15-23(30-12-5-8-22(17-30)26-11-6-13-31-3)29-24(27-20)28-21-10-9-18(2)19(14-21)16-25/h9-10,14-15,22,26H,4-8,11-13,17H2,1-3H3,(H,27,28,29)/t22-/m0/s1. The molecule has 6 nitrogen and oxygen atoms in total. The van der Waals surface area contributed by atoms with Gasteiger partial charge in [-0.25, -0.2) is 4.98 Å². The lowest BCUT2D eigenvalue weighted by Crippen LogP contribution is -2.46. The largest absolute Gasteiger partial charge is 0.355 e. The van der Waals surface area contributed by atoms with E-state index in [1.54, 1.807) is 0 Å². The van der Waals surface area contributed by atoms with Crippen molar-refractivity contribution in [2.24, 2.45) is 0 Å². The third-order valence-electron chi connectivity index (χ3n) is 5.59. The minimum absolute atomic E-state index is 0.506. The highest BCUT2D eigenvalue weighted by molar-refractivity contribution is 7.98. The van der Waals surface area contributed by atoms with Crippen molar-refractivity contribution in [1.82, 2.24) is 15.3 Å². The molecule has 0 bridgehead atoms. The molecule has 1 aliphatic rings. The Hall–Kier alpha value is -2.30. The zero-order valence-electron chi connectivity index (χ0n) is 18.9. The Balaban J connectivity index is 1.75. The summed E-state index contributed by atoms with van der Waals surface area (Å²) in [4.78, 5) is 12.0. The average molecular weight is 439 g/mol. The molecule has 2 aromatic rings. The predicted molar refractivity (Wildman–Crippen MR) is 131 cm³/mol. The Morgan fingerprint density at radius 2 is 2.16 bits per heavy atom. The number of aromatic nitrogens is 2. The Labute approximate surface area is 190 Å². The summed E-state index contributed by atoms with van der Waals surface area (Å²) < 4.78 is 0. The van der Waals surface area contributed by atoms with Gasteiger partial charge >= 0.3 is 0 Å². The van der Waals surface area contributed by atoms with E-state index in [-0.39, 0.29) is 0 Å². The summed E-state index contributed by atoms with van der Waals surface area (Å²) in [5.74, 6) is 2.80. The normalized spacial score (nSPS) is 16.2. The molecule has 1 fully saturated rings. The van der Waals surface area contributed by atoms with E-state index >= 15 is 0 Å². The topological polar surface area (TPSA) is 76.9 Å². The van der Waals surface area contributed by atoms with Crippen LogP contribution in [0.3, 0.4) is 0 Å². The molecular weight excluding hydrogens is 404 g/mol. The van der Waals surface area contributed by atoms with E-state index in [2.05, 4.69) is 40.8 Å². The zero-order chi connectivity index (χ0) is 22.1. The fraction of sp³-hybridized carbons (Fsp3) is 0.542. The molecular formula is C24H34N6S. The van der Waals surface area contributed by atoms with E-state index in [4.69, 9.17) is 9.97 Å². The van der Waals surface area contributed by atoms with Gasteiger partial charge in [-0.1, -0.05) is 19.4 Å². The summed E-state index contributed by atoms with van der Waals surface area (Å²) in [5, 5.41) is 16.4. The monoisotopic (exact) mass is 438 g/mol. The first-order chi connectivity index (χ1) is 15.1. The van der Waals surface area contributed by atoms with Gasteiger partial charge in [-0.3, -0.25) is 0 Å². The molecule has 0 spiro atoms. The van der Waals surface area contributed by atoms with Crippen LogP contribution >= 0.6 is 11.8 Å². The molecule has 0 amide bonds. The fourth-order valence-electron chi connectivity index (χ4n) is 3.91. The molecule has 2 N–H and O–H groups in total. The van der Waals surface area contributed by atoms with E-state index < -0.39 is 0 Å². The van der Waals surface area contributed by atoms with E-state index in [9.17, 15) is 5.26 Å². The van der Waals surface area contributed by atoms with Gasteiger partial charge in [0.15, 0.2) is 0 Å². The highest BCUT2D eigenvalue weighted by atomic mass is 32.2. The average Bonchev–Trinajstić information content (AvgIpc) is 2.78. The van der Waals surface area contributed by atoms with Gasteiger partial charge < -0.3 is 15.5 Å². The third kappa shape index (κ3) is 6.84. The molecule has 1 atom stereocenters. The van der Waals surface area contributed by atoms with Crippen LogP contribution in [-0.4, -0.2) is 47.7 Å². The van der Waals surface area contributed by atoms with Gasteiger partial charge in [0, 0.05) is 36.6 Å². The molecule has 0 aliphatic carbocycles. The molecule has 1 aromatic heterocycles. The Bertz CT molecular complexity index is 894. The van der Waals surface area contributed by atoms with Crippen LogP contribution in [0.2, 0.25) is 0 Å². The Morgan fingerprint density at radius 1 is 1.29 bits per heavy atom. The second kappa shape index (κ2) is 11.9. The van der Waals surface area contributed by atoms with Crippen LogP contribution in [0.4, 0.5) is 17.5 Å². The fourth-order valence-corrected chi connectivity index (χ4v) is 4.34. The zero-order valence-corrected chi connectivity index (χ0v) is 19.8. The van der Waals surface area contributed by atoms with Gasteiger partial charge in [0.1, 0.15) is 5.82 Å². The lowest BCUT2D eigenvalue weighted by Gasteiger charge is -2.34. The second-order valence-corrected chi connectivity index (χ2v) is 9.13. The van der Waals surface area contributed by atoms with E-state index in [1.807, 2.05) is 36.9 Å². The minimum atomic E-state index is 0.506. The minimum Gasteiger partial charge on any atom is -0.355 e. The molecule has 1 saturated heterocycles. The van der Waals surface area contributed by atoms with Crippen molar-refractivity contribution in [2.45, 2.75) is 52.0 Å². The van der Waals surface area contributed by atoms with Gasteiger partial charge in [-0.05, 0) is 68.9 Å². The third-order valence-corrected chi connectivity index (χ3v) is 6.29. The summed E-state index contributed by atoms with van der Waals surface area (Å²) in [7, 11) is 0. The van der Waals surface area contributed by atoms with Crippen LogP contribution in [0.15, 0.2) is 24.3 Å². The maximum absolute atomic E-state index is 9.33. The number of nitrogens with zero attached hydrogens (tertiary/aromatic N) is 4. The van der Waals surface area contributed by atoms with Crippen molar-refractivity contribution in [3.63, 3.8) is 0 Å². The first-order valence-corrected chi connectivity index (χ1v) is 12.6. The van der Waals surface area contributed by atoms with Crippen LogP contribution in [0.1, 0.15) is 49.4 Å². The summed E-state index contributed by atoms with van der Waals surface area (Å²) >= 11 is 1.90. The lowest BCUT2D eigenvalue weighted by atomic mass is 10.1. The maximum Gasteiger partial charge on any atom is 0.229 e. The number of anilines is 3. The van der Waals surface area contributed by atoms with Crippen molar-refractivity contribution in [1.29, 1.82) is 5.26 Å². The highest BCUT2D eigenvalue weighted by Crippen LogP contribution is 2.23. The predicted octanol–water partition coefficient (Wildman–Crippen LogP) is 4.66. The number of hydrogen-bond acceptors (Lipinski definition) is 7. The van der Waals surface area contributed by atoms with E-state index in [0.717, 1.165) is 55.2 Å².